The molecule has 0 aliphatic carbocycles. The van der Waals surface area contributed by atoms with E-state index in [1.54, 1.807) is 67.4 Å². The molecule has 286 valence electrons. The number of halogens is 2. The van der Waals surface area contributed by atoms with Gasteiger partial charge >= 0.3 is 0 Å². The smallest absolute Gasteiger partial charge is 0.255 e. The van der Waals surface area contributed by atoms with Gasteiger partial charge < -0.3 is 22.1 Å². The van der Waals surface area contributed by atoms with Crippen LogP contribution < -0.4 is 22.1 Å². The summed E-state index contributed by atoms with van der Waals surface area (Å²) in [5.41, 5.74) is 16.4. The average molecular weight is 860 g/mol. The summed E-state index contributed by atoms with van der Waals surface area (Å²) in [4.78, 5) is 49.5. The van der Waals surface area contributed by atoms with Gasteiger partial charge in [0.05, 0.1) is 0 Å². The van der Waals surface area contributed by atoms with Gasteiger partial charge in [0, 0.05) is 71.6 Å². The molecular weight excluding hydrogens is 824 g/mol. The molecule has 6 aromatic rings. The van der Waals surface area contributed by atoms with Gasteiger partial charge in [-0.2, -0.15) is 0 Å². The second kappa shape index (κ2) is 22.7. The number of carbonyl (C=O) groups is 4. The number of carbonyl (C=O) groups excluding carboxylic acids is 4. The van der Waals surface area contributed by atoms with Crippen molar-refractivity contribution in [2.75, 3.05) is 29.1 Å². The Balaban J connectivity index is 0.000000209. The first-order valence-electron chi connectivity index (χ1n) is 16.6. The Kier molecular flexibility index (Phi) is 17.8. The van der Waals surface area contributed by atoms with Crippen molar-refractivity contribution in [2.45, 2.75) is 26.5 Å². The Morgan fingerprint density at radius 2 is 0.750 bits per heavy atom. The van der Waals surface area contributed by atoms with Crippen molar-refractivity contribution in [1.82, 2.24) is 0 Å². The lowest BCUT2D eigenvalue weighted by molar-refractivity contribution is 0.100. The normalized spacial score (nSPS) is 10.1. The minimum absolute atomic E-state index is 0.0177. The van der Waals surface area contributed by atoms with Crippen LogP contribution in [0.25, 0.3) is 0 Å². The van der Waals surface area contributed by atoms with E-state index in [0.29, 0.717) is 22.3 Å². The van der Waals surface area contributed by atoms with Gasteiger partial charge in [-0.25, -0.2) is 0 Å². The Morgan fingerprint density at radius 1 is 0.446 bits per heavy atom. The van der Waals surface area contributed by atoms with E-state index >= 15 is 0 Å². The highest BCUT2D eigenvalue weighted by atomic mass is 35.5. The highest BCUT2D eigenvalue weighted by Crippen LogP contribution is 2.39. The Labute approximate surface area is 351 Å². The van der Waals surface area contributed by atoms with E-state index in [2.05, 4.69) is 22.8 Å². The molecule has 6 aromatic carbocycles. The third-order valence-corrected chi connectivity index (χ3v) is 12.6. The van der Waals surface area contributed by atoms with Crippen molar-refractivity contribution in [3.8, 4) is 0 Å². The van der Waals surface area contributed by atoms with Gasteiger partial charge in [0.25, 0.3) is 16.4 Å². The summed E-state index contributed by atoms with van der Waals surface area (Å²) >= 11 is 10.4. The number of benzene rings is 6. The largest absolute Gasteiger partial charge is 0.399 e. The summed E-state index contributed by atoms with van der Waals surface area (Å²) in [5.74, 6) is -0.217. The number of hydrogen-bond acceptors (Lipinski definition) is 11. The number of nitrogen functional groups attached to an aromatic ring is 2. The van der Waals surface area contributed by atoms with Crippen LogP contribution in [0.1, 0.15) is 48.4 Å². The van der Waals surface area contributed by atoms with E-state index in [1.807, 2.05) is 92.0 Å². The molecule has 8 nitrogen and oxygen atoms in total. The highest BCUT2D eigenvalue weighted by molar-refractivity contribution is 8.77. The lowest BCUT2D eigenvalue weighted by atomic mass is 10.1. The number of anilines is 4. The third-order valence-electron chi connectivity index (χ3n) is 7.38. The monoisotopic (exact) mass is 858 g/mol. The van der Waals surface area contributed by atoms with Crippen LogP contribution in [-0.2, 0) is 0 Å². The fourth-order valence-corrected chi connectivity index (χ4v) is 8.42. The first kappa shape index (κ1) is 43.9. The summed E-state index contributed by atoms with van der Waals surface area (Å²) in [7, 11) is 8.67. The zero-order valence-corrected chi connectivity index (χ0v) is 34.8. The predicted octanol–water partition coefficient (Wildman–Crippen LogP) is 12.1. The van der Waals surface area contributed by atoms with Crippen LogP contribution in [0.15, 0.2) is 165 Å². The number of nitrogens with one attached hydrogen (secondary N) is 2. The van der Waals surface area contributed by atoms with Crippen molar-refractivity contribution < 1.29 is 19.2 Å². The molecule has 0 fully saturated rings. The number of nitrogens with two attached hydrogens (primary N) is 2. The topological polar surface area (TPSA) is 144 Å². The first-order valence-corrected chi connectivity index (χ1v) is 21.7. The fourth-order valence-electron chi connectivity index (χ4n) is 4.30. The Hall–Kier alpha value is -4.82. The second-order valence-corrected chi connectivity index (χ2v) is 16.7. The van der Waals surface area contributed by atoms with Crippen LogP contribution in [0.5, 0.6) is 0 Å². The average Bonchev–Trinajstić information content (AvgIpc) is 3.21. The van der Waals surface area contributed by atoms with Crippen LogP contribution in [0.2, 0.25) is 0 Å². The number of amides is 1. The van der Waals surface area contributed by atoms with Crippen LogP contribution in [0, 0.1) is 0 Å². The standard InChI is InChI=1S/C22H20N2O2S2.C12H12N2S2.C8H4Cl2O2/c1-15(25)16-3-5-17(6-4-16)22(26)24-19-9-13-21(14-10-19)28-27-20-11-7-18(23-2)8-12-20;13-9-1-5-11(6-2-9)15-16-12-7-3-10(14)4-8-12;9-7(11)5-1-2-6(4-3-5)8(10)12/h3-14,23H,1-2H3,(H,24,26);1-8H,13-14H2;1-4H. The van der Waals surface area contributed by atoms with Gasteiger partial charge in [-0.05, 0) is 164 Å². The molecule has 0 unspecified atom stereocenters. The zero-order chi connectivity index (χ0) is 40.5. The maximum absolute atomic E-state index is 12.3. The Morgan fingerprint density at radius 3 is 1.07 bits per heavy atom. The maximum atomic E-state index is 12.3. The maximum Gasteiger partial charge on any atom is 0.255 e. The molecule has 6 rings (SSSR count). The number of Topliss-reactive ketones (excluding diaryl/α,β-unsaturated/α-hetero) is 1. The summed E-state index contributed by atoms with van der Waals surface area (Å²) in [6, 6.07) is 44.1. The molecule has 0 bridgehead atoms. The van der Waals surface area contributed by atoms with Gasteiger partial charge in [0.1, 0.15) is 0 Å². The van der Waals surface area contributed by atoms with Crippen molar-refractivity contribution in [1.29, 1.82) is 0 Å². The van der Waals surface area contributed by atoms with E-state index in [1.165, 1.54) is 45.9 Å². The molecule has 0 radical (unpaired) electrons. The van der Waals surface area contributed by atoms with E-state index in [9.17, 15) is 19.2 Å². The number of rotatable bonds is 12. The molecule has 0 saturated heterocycles. The molecule has 0 aliphatic heterocycles. The van der Waals surface area contributed by atoms with E-state index < -0.39 is 10.5 Å². The van der Waals surface area contributed by atoms with E-state index in [0.717, 1.165) is 27.6 Å². The molecule has 6 N–H and O–H groups in total. The van der Waals surface area contributed by atoms with Crippen molar-refractivity contribution >= 4 is 111 Å². The second-order valence-electron chi connectivity index (χ2n) is 11.5. The first-order chi connectivity index (χ1) is 26.9. The SMILES string of the molecule is CNc1ccc(SSc2ccc(NC(=O)c3ccc(C(C)=O)cc3)cc2)cc1.Nc1ccc(SSc2ccc(N)cc2)cc1.O=C(Cl)c1ccc(C(=O)Cl)cc1. The van der Waals surface area contributed by atoms with Gasteiger partial charge in [0.2, 0.25) is 0 Å². The molecule has 56 heavy (non-hydrogen) atoms. The lowest BCUT2D eigenvalue weighted by Gasteiger charge is -2.07. The highest BCUT2D eigenvalue weighted by Gasteiger charge is 2.08. The third kappa shape index (κ3) is 15.0. The summed E-state index contributed by atoms with van der Waals surface area (Å²) in [6.45, 7) is 1.50. The molecule has 14 heteroatoms. The predicted molar refractivity (Wildman–Crippen MR) is 239 cm³/mol. The van der Waals surface area contributed by atoms with E-state index in [-0.39, 0.29) is 11.7 Å². The fraction of sp³-hybridized carbons (Fsp3) is 0.0476. The van der Waals surface area contributed by atoms with Crippen molar-refractivity contribution in [3.63, 3.8) is 0 Å². The van der Waals surface area contributed by atoms with Crippen LogP contribution in [0.4, 0.5) is 22.7 Å². The number of hydrogen-bond donors (Lipinski definition) is 4. The van der Waals surface area contributed by atoms with Crippen molar-refractivity contribution in [3.05, 3.63) is 168 Å². The lowest BCUT2D eigenvalue weighted by Crippen LogP contribution is -2.11. The summed E-state index contributed by atoms with van der Waals surface area (Å²) in [5, 5.41) is 4.87. The summed E-state index contributed by atoms with van der Waals surface area (Å²) < 4.78 is 0. The van der Waals surface area contributed by atoms with Crippen LogP contribution in [-0.4, -0.2) is 29.2 Å². The molecule has 0 saturated carbocycles. The molecule has 1 amide bonds. The van der Waals surface area contributed by atoms with Crippen LogP contribution >= 0.6 is 66.4 Å². The quantitative estimate of drug-likeness (QED) is 0.0404. The number of ketones is 1. The van der Waals surface area contributed by atoms with Crippen molar-refractivity contribution in [2.24, 2.45) is 0 Å². The summed E-state index contributed by atoms with van der Waals surface area (Å²) in [6.07, 6.45) is 0. The molecular formula is C42H36Cl2N4O4S4. The van der Waals surface area contributed by atoms with E-state index in [4.69, 9.17) is 34.7 Å². The van der Waals surface area contributed by atoms with Gasteiger partial charge in [0.15, 0.2) is 5.78 Å². The molecule has 0 heterocycles. The van der Waals surface area contributed by atoms with Gasteiger partial charge in [-0.3, -0.25) is 19.2 Å². The van der Waals surface area contributed by atoms with Gasteiger partial charge in [-0.1, -0.05) is 55.3 Å². The minimum atomic E-state index is -0.552. The van der Waals surface area contributed by atoms with Gasteiger partial charge in [-0.15, -0.1) is 0 Å². The molecule has 0 aromatic heterocycles. The molecule has 0 aliphatic rings. The zero-order valence-electron chi connectivity index (χ0n) is 30.0. The Bertz CT molecular complexity index is 2130. The minimum Gasteiger partial charge on any atom is -0.399 e. The molecule has 0 atom stereocenters. The van der Waals surface area contributed by atoms with Crippen LogP contribution in [0.3, 0.4) is 0 Å². The molecule has 0 spiro atoms.